The lowest BCUT2D eigenvalue weighted by Gasteiger charge is -2.10. The van der Waals surface area contributed by atoms with Crippen molar-refractivity contribution in [1.82, 2.24) is 10.2 Å². The van der Waals surface area contributed by atoms with Crippen molar-refractivity contribution in [2.24, 2.45) is 0 Å². The molecule has 1 amide bonds. The van der Waals surface area contributed by atoms with Gasteiger partial charge in [0.15, 0.2) is 11.5 Å². The van der Waals surface area contributed by atoms with E-state index in [1.54, 1.807) is 0 Å². The number of carbonyl (C=O) groups excluding carboxylic acids is 1. The largest absolute Gasteiger partial charge is 0.493 e. The lowest BCUT2D eigenvalue weighted by molar-refractivity contribution is -0.111. The second kappa shape index (κ2) is 9.74. The number of halogens is 2. The van der Waals surface area contributed by atoms with E-state index < -0.39 is 6.61 Å². The number of anilines is 1. The van der Waals surface area contributed by atoms with Gasteiger partial charge >= 0.3 is 6.61 Å². The fraction of sp³-hybridized carbons (Fsp3) is 0.150. The normalized spacial score (nSPS) is 11.0. The van der Waals surface area contributed by atoms with E-state index in [4.69, 9.17) is 4.74 Å². The summed E-state index contributed by atoms with van der Waals surface area (Å²) in [5.74, 6) is -0.328. The Morgan fingerprint density at radius 3 is 2.69 bits per heavy atom. The van der Waals surface area contributed by atoms with E-state index in [1.807, 2.05) is 30.3 Å². The Labute approximate surface area is 169 Å². The van der Waals surface area contributed by atoms with Gasteiger partial charge in [-0.1, -0.05) is 47.7 Å². The molecule has 2 aromatic carbocycles. The highest BCUT2D eigenvalue weighted by atomic mass is 32.1. The summed E-state index contributed by atoms with van der Waals surface area (Å²) in [5.41, 5.74) is 1.69. The van der Waals surface area contributed by atoms with Crippen LogP contribution < -0.4 is 14.8 Å². The van der Waals surface area contributed by atoms with E-state index in [0.29, 0.717) is 17.1 Å². The molecule has 1 heterocycles. The quantitative estimate of drug-likeness (QED) is 0.551. The first-order chi connectivity index (χ1) is 14.0. The lowest BCUT2D eigenvalue weighted by Crippen LogP contribution is -2.07. The summed E-state index contributed by atoms with van der Waals surface area (Å²) in [4.78, 5) is 12.1. The third kappa shape index (κ3) is 6.08. The van der Waals surface area contributed by atoms with Gasteiger partial charge in [0.1, 0.15) is 5.01 Å². The van der Waals surface area contributed by atoms with Crippen LogP contribution in [0.3, 0.4) is 0 Å². The van der Waals surface area contributed by atoms with Crippen molar-refractivity contribution in [2.75, 3.05) is 12.4 Å². The number of hydrogen-bond acceptors (Lipinski definition) is 6. The molecule has 0 aliphatic rings. The summed E-state index contributed by atoms with van der Waals surface area (Å²) in [6.45, 7) is -2.95. The third-order valence-corrected chi connectivity index (χ3v) is 4.56. The van der Waals surface area contributed by atoms with Gasteiger partial charge < -0.3 is 9.47 Å². The molecule has 29 heavy (non-hydrogen) atoms. The average Bonchev–Trinajstić information content (AvgIpc) is 3.14. The Kier molecular flexibility index (Phi) is 6.85. The lowest BCUT2D eigenvalue weighted by atomic mass is 10.2. The highest BCUT2D eigenvalue weighted by Crippen LogP contribution is 2.29. The molecule has 0 aliphatic heterocycles. The van der Waals surface area contributed by atoms with Crippen LogP contribution in [0.4, 0.5) is 13.9 Å². The van der Waals surface area contributed by atoms with E-state index in [2.05, 4.69) is 20.3 Å². The standard InChI is InChI=1S/C20H17F2N3O3S/c1-27-16-11-14(7-9-15(16)28-19(21)22)8-10-17(26)23-20-25-24-18(29-20)12-13-5-3-2-4-6-13/h2-11,19H,12H2,1H3,(H,23,25,26). The van der Waals surface area contributed by atoms with Crippen molar-refractivity contribution in [1.29, 1.82) is 0 Å². The van der Waals surface area contributed by atoms with Gasteiger partial charge in [0, 0.05) is 12.5 Å². The van der Waals surface area contributed by atoms with Crippen LogP contribution in [0.5, 0.6) is 11.5 Å². The monoisotopic (exact) mass is 417 g/mol. The molecule has 0 radical (unpaired) electrons. The molecule has 0 saturated carbocycles. The first-order valence-corrected chi connectivity index (χ1v) is 9.33. The van der Waals surface area contributed by atoms with Crippen molar-refractivity contribution in [3.63, 3.8) is 0 Å². The molecule has 0 atom stereocenters. The Hall–Kier alpha value is -3.33. The molecule has 0 aliphatic carbocycles. The molecule has 0 fully saturated rings. The number of amides is 1. The molecule has 6 nitrogen and oxygen atoms in total. The highest BCUT2D eigenvalue weighted by molar-refractivity contribution is 7.15. The minimum Gasteiger partial charge on any atom is -0.493 e. The van der Waals surface area contributed by atoms with Crippen LogP contribution in [0.15, 0.2) is 54.6 Å². The van der Waals surface area contributed by atoms with Crippen molar-refractivity contribution < 1.29 is 23.0 Å². The number of aromatic nitrogens is 2. The van der Waals surface area contributed by atoms with Gasteiger partial charge in [-0.25, -0.2) is 0 Å². The van der Waals surface area contributed by atoms with Gasteiger partial charge in [0.25, 0.3) is 0 Å². The average molecular weight is 417 g/mol. The van der Waals surface area contributed by atoms with Gasteiger partial charge in [0.2, 0.25) is 11.0 Å². The first-order valence-electron chi connectivity index (χ1n) is 8.51. The molecule has 150 valence electrons. The Morgan fingerprint density at radius 1 is 1.17 bits per heavy atom. The van der Waals surface area contributed by atoms with Gasteiger partial charge in [-0.2, -0.15) is 8.78 Å². The molecule has 1 aromatic heterocycles. The summed E-state index contributed by atoms with van der Waals surface area (Å²) in [6, 6.07) is 14.2. The zero-order chi connectivity index (χ0) is 20.6. The zero-order valence-corrected chi connectivity index (χ0v) is 16.2. The summed E-state index contributed by atoms with van der Waals surface area (Å²) in [7, 11) is 1.34. The number of benzene rings is 2. The van der Waals surface area contributed by atoms with Gasteiger partial charge in [-0.15, -0.1) is 10.2 Å². The van der Waals surface area contributed by atoms with Crippen LogP contribution in [-0.2, 0) is 11.2 Å². The Bertz CT molecular complexity index is 994. The summed E-state index contributed by atoms with van der Waals surface area (Å²) in [6.07, 6.45) is 3.47. The summed E-state index contributed by atoms with van der Waals surface area (Å²) in [5, 5.41) is 11.9. The van der Waals surface area contributed by atoms with Gasteiger partial charge in [-0.3, -0.25) is 10.1 Å². The van der Waals surface area contributed by atoms with Gasteiger partial charge in [0.05, 0.1) is 7.11 Å². The van der Waals surface area contributed by atoms with Crippen molar-refractivity contribution >= 4 is 28.5 Å². The zero-order valence-electron chi connectivity index (χ0n) is 15.3. The number of nitrogens with zero attached hydrogens (tertiary/aromatic N) is 2. The minimum atomic E-state index is -2.95. The van der Waals surface area contributed by atoms with E-state index in [1.165, 1.54) is 48.8 Å². The molecule has 0 unspecified atom stereocenters. The van der Waals surface area contributed by atoms with Crippen LogP contribution in [0.1, 0.15) is 16.1 Å². The van der Waals surface area contributed by atoms with Crippen LogP contribution in [0, 0.1) is 0 Å². The topological polar surface area (TPSA) is 73.3 Å². The van der Waals surface area contributed by atoms with Crippen LogP contribution in [0.25, 0.3) is 6.08 Å². The van der Waals surface area contributed by atoms with E-state index in [-0.39, 0.29) is 17.4 Å². The van der Waals surface area contributed by atoms with Crippen molar-refractivity contribution in [2.45, 2.75) is 13.0 Å². The predicted molar refractivity (Wildman–Crippen MR) is 106 cm³/mol. The van der Waals surface area contributed by atoms with Crippen molar-refractivity contribution in [3.05, 3.63) is 70.7 Å². The Morgan fingerprint density at radius 2 is 1.97 bits per heavy atom. The summed E-state index contributed by atoms with van der Waals surface area (Å²) < 4.78 is 34.1. The van der Waals surface area contributed by atoms with E-state index in [0.717, 1.165) is 10.6 Å². The molecule has 9 heteroatoms. The molecule has 1 N–H and O–H groups in total. The second-order valence-corrected chi connectivity index (χ2v) is 6.84. The maximum Gasteiger partial charge on any atom is 0.387 e. The Balaban J connectivity index is 1.60. The molecule has 0 spiro atoms. The molecule has 0 bridgehead atoms. The highest BCUT2D eigenvalue weighted by Gasteiger charge is 2.11. The van der Waals surface area contributed by atoms with Gasteiger partial charge in [-0.05, 0) is 29.3 Å². The fourth-order valence-electron chi connectivity index (χ4n) is 2.45. The fourth-order valence-corrected chi connectivity index (χ4v) is 3.22. The maximum absolute atomic E-state index is 12.4. The third-order valence-electron chi connectivity index (χ3n) is 3.73. The van der Waals surface area contributed by atoms with Crippen LogP contribution in [-0.4, -0.2) is 29.8 Å². The molecule has 3 aromatic rings. The summed E-state index contributed by atoms with van der Waals surface area (Å²) >= 11 is 1.30. The van der Waals surface area contributed by atoms with Crippen molar-refractivity contribution in [3.8, 4) is 11.5 Å². The number of alkyl halides is 2. The van der Waals surface area contributed by atoms with Crippen LogP contribution in [0.2, 0.25) is 0 Å². The predicted octanol–water partition coefficient (Wildman–Crippen LogP) is 4.39. The maximum atomic E-state index is 12.4. The molecule has 0 saturated heterocycles. The number of nitrogens with one attached hydrogen (secondary N) is 1. The first kappa shape index (κ1) is 20.4. The van der Waals surface area contributed by atoms with E-state index in [9.17, 15) is 13.6 Å². The SMILES string of the molecule is COc1cc(C=CC(=O)Nc2nnc(Cc3ccccc3)s2)ccc1OC(F)F. The molecule has 3 rings (SSSR count). The smallest absolute Gasteiger partial charge is 0.387 e. The number of hydrogen-bond donors (Lipinski definition) is 1. The molecular formula is C20H17F2N3O3S. The number of rotatable bonds is 8. The molecular weight excluding hydrogens is 400 g/mol. The second-order valence-electron chi connectivity index (χ2n) is 5.77. The number of ether oxygens (including phenoxy) is 2. The number of methoxy groups -OCH3 is 1. The minimum absolute atomic E-state index is 0.0797. The van der Waals surface area contributed by atoms with Crippen LogP contribution >= 0.6 is 11.3 Å². The van der Waals surface area contributed by atoms with E-state index >= 15 is 0 Å². The number of carbonyl (C=O) groups is 1.